The number of para-hydroxylation sites is 2. The molecule has 11 heteroatoms. The summed E-state index contributed by atoms with van der Waals surface area (Å²) in [7, 11) is 0. The van der Waals surface area contributed by atoms with Crippen LogP contribution in [0.3, 0.4) is 0 Å². The highest BCUT2D eigenvalue weighted by molar-refractivity contribution is 6.10. The van der Waals surface area contributed by atoms with Gasteiger partial charge in [0, 0.05) is 25.0 Å². The summed E-state index contributed by atoms with van der Waals surface area (Å²) in [6, 6.07) is 17.6. The van der Waals surface area contributed by atoms with Gasteiger partial charge in [-0.05, 0) is 49.2 Å². The fourth-order valence-electron chi connectivity index (χ4n) is 4.04. The van der Waals surface area contributed by atoms with Crippen molar-refractivity contribution in [3.05, 3.63) is 84.1 Å². The van der Waals surface area contributed by atoms with E-state index >= 15 is 0 Å². The lowest BCUT2D eigenvalue weighted by molar-refractivity contribution is -0.152. The lowest BCUT2D eigenvalue weighted by Gasteiger charge is -2.31. The van der Waals surface area contributed by atoms with E-state index in [2.05, 4.69) is 15.6 Å². The third kappa shape index (κ3) is 6.87. The number of rotatable bonds is 7. The van der Waals surface area contributed by atoms with Crippen molar-refractivity contribution in [2.45, 2.75) is 19.0 Å². The van der Waals surface area contributed by atoms with E-state index in [-0.39, 0.29) is 11.3 Å². The normalized spacial score (nSPS) is 14.0. The van der Waals surface area contributed by atoms with Gasteiger partial charge < -0.3 is 20.3 Å². The molecular weight excluding hydrogens is 501 g/mol. The molecule has 1 saturated heterocycles. The summed E-state index contributed by atoms with van der Waals surface area (Å²) in [4.78, 5) is 43.3. The average Bonchev–Trinajstić information content (AvgIpc) is 2.92. The lowest BCUT2D eigenvalue weighted by Crippen LogP contribution is -2.38. The standard InChI is InChI=1S/C27H25F3N4O4/c28-27(29,30)19-10-11-23(31-16-19)34-14-12-18(13-15-34)26(37)38-17-24(35)33-22-9-5-4-8-21(22)25(36)32-20-6-2-1-3-7-20/h1-11,16,18H,12-15,17H2,(H,32,36)(H,33,35). The molecular formula is C27H25F3N4O4. The van der Waals surface area contributed by atoms with Gasteiger partial charge in [-0.2, -0.15) is 13.2 Å². The molecule has 38 heavy (non-hydrogen) atoms. The van der Waals surface area contributed by atoms with E-state index in [4.69, 9.17) is 4.74 Å². The smallest absolute Gasteiger partial charge is 0.417 e. The molecule has 2 aromatic carbocycles. The molecule has 1 aliphatic rings. The number of carbonyl (C=O) groups excluding carboxylic acids is 3. The van der Waals surface area contributed by atoms with Crippen LogP contribution in [-0.4, -0.2) is 42.5 Å². The van der Waals surface area contributed by atoms with Gasteiger partial charge >= 0.3 is 12.1 Å². The van der Waals surface area contributed by atoms with Crippen LogP contribution in [0.1, 0.15) is 28.8 Å². The van der Waals surface area contributed by atoms with Crippen molar-refractivity contribution in [3.63, 3.8) is 0 Å². The van der Waals surface area contributed by atoms with Crippen LogP contribution in [0, 0.1) is 5.92 Å². The second-order valence-corrected chi connectivity index (χ2v) is 8.69. The third-order valence-electron chi connectivity index (χ3n) is 6.05. The Kier molecular flexibility index (Phi) is 8.25. The zero-order valence-electron chi connectivity index (χ0n) is 20.2. The Hall–Kier alpha value is -4.41. The number of pyridine rings is 1. The SMILES string of the molecule is O=C(COC(=O)C1CCN(c2ccc(C(F)(F)F)cn2)CC1)Nc1ccccc1C(=O)Nc1ccccc1. The average molecular weight is 527 g/mol. The summed E-state index contributed by atoms with van der Waals surface area (Å²) >= 11 is 0. The van der Waals surface area contributed by atoms with E-state index in [1.165, 1.54) is 6.07 Å². The maximum Gasteiger partial charge on any atom is 0.417 e. The monoisotopic (exact) mass is 526 g/mol. The first kappa shape index (κ1) is 26.6. The van der Waals surface area contributed by atoms with Crippen molar-refractivity contribution >= 4 is 35.0 Å². The van der Waals surface area contributed by atoms with Gasteiger partial charge in [0.1, 0.15) is 5.82 Å². The molecule has 1 aromatic heterocycles. The predicted molar refractivity (Wildman–Crippen MR) is 135 cm³/mol. The number of amides is 2. The van der Waals surface area contributed by atoms with Gasteiger partial charge in [0.2, 0.25) is 0 Å². The van der Waals surface area contributed by atoms with Crippen LogP contribution in [0.15, 0.2) is 72.9 Å². The predicted octanol–water partition coefficient (Wildman–Crippen LogP) is 4.75. The number of carbonyl (C=O) groups is 3. The molecule has 4 rings (SSSR count). The van der Waals surface area contributed by atoms with Crippen molar-refractivity contribution in [1.29, 1.82) is 0 Å². The number of nitrogens with one attached hydrogen (secondary N) is 2. The van der Waals surface area contributed by atoms with Crippen LogP contribution in [0.4, 0.5) is 30.4 Å². The van der Waals surface area contributed by atoms with Gasteiger partial charge in [-0.25, -0.2) is 4.98 Å². The van der Waals surface area contributed by atoms with Gasteiger partial charge in [-0.3, -0.25) is 14.4 Å². The number of benzene rings is 2. The van der Waals surface area contributed by atoms with Gasteiger partial charge in [0.15, 0.2) is 6.61 Å². The summed E-state index contributed by atoms with van der Waals surface area (Å²) in [5.41, 5.74) is 0.310. The highest BCUT2D eigenvalue weighted by atomic mass is 19.4. The summed E-state index contributed by atoms with van der Waals surface area (Å²) in [5.74, 6) is -1.57. The second kappa shape index (κ2) is 11.8. The van der Waals surface area contributed by atoms with Gasteiger partial charge in [0.05, 0.1) is 22.7 Å². The van der Waals surface area contributed by atoms with Crippen LogP contribution in [0.5, 0.6) is 0 Å². The number of piperidine rings is 1. The fourth-order valence-corrected chi connectivity index (χ4v) is 4.04. The Labute approximate surface area is 216 Å². The number of esters is 1. The number of hydrogen-bond acceptors (Lipinski definition) is 6. The molecule has 0 saturated carbocycles. The van der Waals surface area contributed by atoms with E-state index in [1.54, 1.807) is 53.4 Å². The van der Waals surface area contributed by atoms with Crippen molar-refractivity contribution in [2.75, 3.05) is 35.2 Å². The molecule has 2 N–H and O–H groups in total. The number of ether oxygens (including phenoxy) is 1. The number of halogens is 3. The summed E-state index contributed by atoms with van der Waals surface area (Å²) < 4.78 is 43.4. The Balaban J connectivity index is 1.25. The lowest BCUT2D eigenvalue weighted by atomic mass is 9.97. The number of anilines is 3. The first-order valence-electron chi connectivity index (χ1n) is 11.9. The van der Waals surface area contributed by atoms with Crippen LogP contribution in [-0.2, 0) is 20.5 Å². The number of aromatic nitrogens is 1. The van der Waals surface area contributed by atoms with Gasteiger partial charge in [-0.15, -0.1) is 0 Å². The number of alkyl halides is 3. The molecule has 0 spiro atoms. The third-order valence-corrected chi connectivity index (χ3v) is 6.05. The minimum Gasteiger partial charge on any atom is -0.455 e. The number of nitrogens with zero attached hydrogens (tertiary/aromatic N) is 2. The molecule has 2 heterocycles. The molecule has 2 amide bonds. The minimum absolute atomic E-state index is 0.250. The largest absolute Gasteiger partial charge is 0.455 e. The molecule has 0 bridgehead atoms. The Morgan fingerprint density at radius 3 is 2.26 bits per heavy atom. The van der Waals surface area contributed by atoms with E-state index in [1.807, 2.05) is 6.07 Å². The Morgan fingerprint density at radius 1 is 0.921 bits per heavy atom. The van der Waals surface area contributed by atoms with Crippen molar-refractivity contribution in [1.82, 2.24) is 4.98 Å². The van der Waals surface area contributed by atoms with E-state index in [9.17, 15) is 27.6 Å². The van der Waals surface area contributed by atoms with Gasteiger partial charge in [0.25, 0.3) is 11.8 Å². The second-order valence-electron chi connectivity index (χ2n) is 8.69. The molecule has 0 radical (unpaired) electrons. The van der Waals surface area contributed by atoms with Crippen molar-refractivity contribution in [2.24, 2.45) is 5.92 Å². The van der Waals surface area contributed by atoms with Crippen LogP contribution in [0.2, 0.25) is 0 Å². The molecule has 8 nitrogen and oxygen atoms in total. The quantitative estimate of drug-likeness (QED) is 0.431. The summed E-state index contributed by atoms with van der Waals surface area (Å²) in [6.45, 7) is 0.302. The maximum atomic E-state index is 12.7. The topological polar surface area (TPSA) is 101 Å². The molecule has 0 aliphatic carbocycles. The zero-order chi connectivity index (χ0) is 27.1. The minimum atomic E-state index is -4.45. The van der Waals surface area contributed by atoms with E-state index in [0.29, 0.717) is 37.4 Å². The van der Waals surface area contributed by atoms with Crippen LogP contribution >= 0.6 is 0 Å². The molecule has 0 atom stereocenters. The van der Waals surface area contributed by atoms with E-state index in [0.717, 1.165) is 12.3 Å². The Bertz CT molecular complexity index is 1280. The van der Waals surface area contributed by atoms with Crippen LogP contribution < -0.4 is 15.5 Å². The maximum absolute atomic E-state index is 12.7. The highest BCUT2D eigenvalue weighted by Crippen LogP contribution is 2.30. The molecule has 1 aliphatic heterocycles. The van der Waals surface area contributed by atoms with E-state index < -0.39 is 42.0 Å². The molecule has 0 unspecified atom stereocenters. The summed E-state index contributed by atoms with van der Waals surface area (Å²) in [6.07, 6.45) is -2.85. The van der Waals surface area contributed by atoms with Crippen molar-refractivity contribution < 1.29 is 32.3 Å². The Morgan fingerprint density at radius 2 is 1.61 bits per heavy atom. The van der Waals surface area contributed by atoms with Gasteiger partial charge in [-0.1, -0.05) is 30.3 Å². The van der Waals surface area contributed by atoms with Crippen LogP contribution in [0.25, 0.3) is 0 Å². The highest BCUT2D eigenvalue weighted by Gasteiger charge is 2.32. The van der Waals surface area contributed by atoms with Crippen molar-refractivity contribution in [3.8, 4) is 0 Å². The molecule has 3 aromatic rings. The fraction of sp³-hybridized carbons (Fsp3) is 0.259. The first-order valence-corrected chi connectivity index (χ1v) is 11.9. The molecule has 1 fully saturated rings. The summed E-state index contributed by atoms with van der Waals surface area (Å²) in [5, 5.41) is 5.36. The zero-order valence-corrected chi connectivity index (χ0v) is 20.2. The molecule has 198 valence electrons. The first-order chi connectivity index (χ1) is 18.2. The number of hydrogen-bond donors (Lipinski definition) is 2.